The third-order valence-electron chi connectivity index (χ3n) is 3.28. The van der Waals surface area contributed by atoms with E-state index in [2.05, 4.69) is 10.3 Å². The van der Waals surface area contributed by atoms with Gasteiger partial charge in [-0.15, -0.1) is 0 Å². The lowest BCUT2D eigenvalue weighted by Gasteiger charge is -2.26. The smallest absolute Gasteiger partial charge is 0.0992 e. The first-order chi connectivity index (χ1) is 9.09. The fourth-order valence-corrected chi connectivity index (χ4v) is 1.99. The molecule has 0 saturated heterocycles. The van der Waals surface area contributed by atoms with E-state index in [9.17, 15) is 5.11 Å². The number of aromatic nitrogens is 1. The third kappa shape index (κ3) is 3.63. The van der Waals surface area contributed by atoms with Gasteiger partial charge in [-0.2, -0.15) is 0 Å². The lowest BCUT2D eigenvalue weighted by atomic mass is 9.96. The molecule has 100 valence electrons. The summed E-state index contributed by atoms with van der Waals surface area (Å²) in [7, 11) is 0. The first-order valence-corrected chi connectivity index (χ1v) is 6.52. The molecule has 0 amide bonds. The van der Waals surface area contributed by atoms with Gasteiger partial charge in [0.15, 0.2) is 0 Å². The zero-order valence-corrected chi connectivity index (χ0v) is 11.4. The fourth-order valence-electron chi connectivity index (χ4n) is 1.99. The first kappa shape index (κ1) is 13.7. The Hall–Kier alpha value is -1.71. The van der Waals surface area contributed by atoms with E-state index >= 15 is 0 Å². The van der Waals surface area contributed by atoms with Crippen molar-refractivity contribution in [2.75, 3.05) is 6.54 Å². The lowest BCUT2D eigenvalue weighted by Crippen LogP contribution is -2.36. The van der Waals surface area contributed by atoms with E-state index in [0.717, 1.165) is 11.3 Å². The molecule has 2 N–H and O–H groups in total. The average Bonchev–Trinajstić information content (AvgIpc) is 2.47. The van der Waals surface area contributed by atoms with Crippen molar-refractivity contribution < 1.29 is 5.11 Å². The maximum atomic E-state index is 10.5. The Morgan fingerprint density at radius 2 is 1.84 bits per heavy atom. The van der Waals surface area contributed by atoms with Gasteiger partial charge in [0.25, 0.3) is 0 Å². The van der Waals surface area contributed by atoms with Crippen molar-refractivity contribution >= 4 is 0 Å². The van der Waals surface area contributed by atoms with E-state index in [4.69, 9.17) is 0 Å². The van der Waals surface area contributed by atoms with E-state index in [1.807, 2.05) is 62.4 Å². The summed E-state index contributed by atoms with van der Waals surface area (Å²) in [5.41, 5.74) is 1.01. The molecule has 3 heteroatoms. The molecule has 0 aliphatic carbocycles. The van der Waals surface area contributed by atoms with Gasteiger partial charge in [-0.05, 0) is 31.5 Å². The predicted molar refractivity (Wildman–Crippen MR) is 76.7 cm³/mol. The Balaban J connectivity index is 1.99. The van der Waals surface area contributed by atoms with Crippen molar-refractivity contribution in [2.24, 2.45) is 0 Å². The average molecular weight is 256 g/mol. The van der Waals surface area contributed by atoms with E-state index in [0.29, 0.717) is 6.54 Å². The van der Waals surface area contributed by atoms with Gasteiger partial charge in [-0.3, -0.25) is 4.98 Å². The Kier molecular flexibility index (Phi) is 4.30. The summed E-state index contributed by atoms with van der Waals surface area (Å²) in [5, 5.41) is 13.8. The Bertz CT molecular complexity index is 497. The highest BCUT2D eigenvalue weighted by Gasteiger charge is 2.23. The zero-order valence-electron chi connectivity index (χ0n) is 11.4. The molecule has 1 aromatic carbocycles. The largest absolute Gasteiger partial charge is 0.384 e. The zero-order chi connectivity index (χ0) is 13.7. The molecule has 0 fully saturated rings. The topological polar surface area (TPSA) is 45.1 Å². The summed E-state index contributed by atoms with van der Waals surface area (Å²) in [6.45, 7) is 4.35. The molecule has 1 unspecified atom stereocenters. The maximum Gasteiger partial charge on any atom is 0.0992 e. The summed E-state index contributed by atoms with van der Waals surface area (Å²) in [6, 6.07) is 15.7. The van der Waals surface area contributed by atoms with Gasteiger partial charge in [0.2, 0.25) is 0 Å². The molecule has 0 aliphatic heterocycles. The highest BCUT2D eigenvalue weighted by Crippen LogP contribution is 2.20. The summed E-state index contributed by atoms with van der Waals surface area (Å²) in [6.07, 6.45) is 1.78. The van der Waals surface area contributed by atoms with Gasteiger partial charge in [0.1, 0.15) is 0 Å². The molecule has 2 aromatic rings. The molecule has 0 saturated carbocycles. The van der Waals surface area contributed by atoms with Crippen LogP contribution in [0.5, 0.6) is 0 Å². The Morgan fingerprint density at radius 1 is 1.16 bits per heavy atom. The van der Waals surface area contributed by atoms with Gasteiger partial charge in [0, 0.05) is 18.8 Å². The highest BCUT2D eigenvalue weighted by atomic mass is 16.3. The van der Waals surface area contributed by atoms with E-state index < -0.39 is 5.60 Å². The van der Waals surface area contributed by atoms with Crippen LogP contribution in [0.4, 0.5) is 0 Å². The monoisotopic (exact) mass is 256 g/mol. The summed E-state index contributed by atoms with van der Waals surface area (Å²) >= 11 is 0. The minimum Gasteiger partial charge on any atom is -0.384 e. The van der Waals surface area contributed by atoms with Crippen molar-refractivity contribution in [3.63, 3.8) is 0 Å². The van der Waals surface area contributed by atoms with Crippen LogP contribution in [-0.2, 0) is 5.60 Å². The van der Waals surface area contributed by atoms with Crippen LogP contribution in [-0.4, -0.2) is 16.6 Å². The number of hydrogen-bond acceptors (Lipinski definition) is 3. The third-order valence-corrected chi connectivity index (χ3v) is 3.28. The van der Waals surface area contributed by atoms with Crippen LogP contribution in [0.15, 0.2) is 54.7 Å². The number of benzene rings is 1. The first-order valence-electron chi connectivity index (χ1n) is 6.52. The van der Waals surface area contributed by atoms with Crippen LogP contribution >= 0.6 is 0 Å². The molecule has 0 aliphatic rings. The van der Waals surface area contributed by atoms with Gasteiger partial charge in [-0.25, -0.2) is 0 Å². The molecular weight excluding hydrogens is 236 g/mol. The lowest BCUT2D eigenvalue weighted by molar-refractivity contribution is 0.0542. The molecule has 0 spiro atoms. The molecule has 3 nitrogen and oxygen atoms in total. The van der Waals surface area contributed by atoms with Crippen LogP contribution in [0, 0.1) is 0 Å². The van der Waals surface area contributed by atoms with E-state index in [1.54, 1.807) is 6.20 Å². The van der Waals surface area contributed by atoms with Crippen LogP contribution in [0.3, 0.4) is 0 Å². The van der Waals surface area contributed by atoms with Crippen molar-refractivity contribution in [3.8, 4) is 0 Å². The number of hydrogen-bond donors (Lipinski definition) is 2. The quantitative estimate of drug-likeness (QED) is 0.864. The number of aliphatic hydroxyl groups is 1. The predicted octanol–water partition coefficient (Wildman–Crippen LogP) is 2.64. The Labute approximate surface area is 114 Å². The number of nitrogens with one attached hydrogen (secondary N) is 1. The van der Waals surface area contributed by atoms with E-state index in [1.165, 1.54) is 0 Å². The minimum atomic E-state index is -0.885. The van der Waals surface area contributed by atoms with Crippen molar-refractivity contribution in [1.82, 2.24) is 10.3 Å². The van der Waals surface area contributed by atoms with Crippen LogP contribution in [0.2, 0.25) is 0 Å². The van der Waals surface area contributed by atoms with Crippen molar-refractivity contribution in [3.05, 3.63) is 66.0 Å². The molecule has 1 heterocycles. The summed E-state index contributed by atoms with van der Waals surface area (Å²) in [5.74, 6) is 0. The van der Waals surface area contributed by atoms with Gasteiger partial charge < -0.3 is 10.4 Å². The highest BCUT2D eigenvalue weighted by molar-refractivity contribution is 5.22. The van der Waals surface area contributed by atoms with Crippen LogP contribution in [0.1, 0.15) is 31.1 Å². The maximum absolute atomic E-state index is 10.5. The van der Waals surface area contributed by atoms with Crippen molar-refractivity contribution in [2.45, 2.75) is 25.5 Å². The van der Waals surface area contributed by atoms with Gasteiger partial charge in [-0.1, -0.05) is 36.4 Å². The minimum absolute atomic E-state index is 0.108. The standard InChI is InChI=1S/C16H20N2O/c1-13(15-10-6-7-11-17-15)18-12-16(2,19)14-8-4-3-5-9-14/h3-11,13,18-19H,12H2,1-2H3/t13-,16?/m0/s1. The second-order valence-corrected chi connectivity index (χ2v) is 5.00. The molecule has 0 bridgehead atoms. The number of nitrogens with zero attached hydrogens (tertiary/aromatic N) is 1. The second-order valence-electron chi connectivity index (χ2n) is 5.00. The van der Waals surface area contributed by atoms with Crippen molar-refractivity contribution in [1.29, 1.82) is 0 Å². The molecule has 0 radical (unpaired) electrons. The molecule has 2 rings (SSSR count). The number of rotatable bonds is 5. The normalized spacial score (nSPS) is 15.7. The molecular formula is C16H20N2O. The van der Waals surface area contributed by atoms with Gasteiger partial charge in [0.05, 0.1) is 11.3 Å². The summed E-state index contributed by atoms with van der Waals surface area (Å²) < 4.78 is 0. The summed E-state index contributed by atoms with van der Waals surface area (Å²) in [4.78, 5) is 4.31. The Morgan fingerprint density at radius 3 is 2.47 bits per heavy atom. The second kappa shape index (κ2) is 5.95. The molecule has 19 heavy (non-hydrogen) atoms. The SMILES string of the molecule is C[C@H](NCC(C)(O)c1ccccc1)c1ccccn1. The van der Waals surface area contributed by atoms with Gasteiger partial charge >= 0.3 is 0 Å². The van der Waals surface area contributed by atoms with E-state index in [-0.39, 0.29) is 6.04 Å². The fraction of sp³-hybridized carbons (Fsp3) is 0.312. The number of pyridine rings is 1. The van der Waals surface area contributed by atoms with Crippen LogP contribution in [0.25, 0.3) is 0 Å². The van der Waals surface area contributed by atoms with Crippen LogP contribution < -0.4 is 5.32 Å². The molecule has 2 atom stereocenters. The molecule has 1 aromatic heterocycles.